The summed E-state index contributed by atoms with van der Waals surface area (Å²) in [6.45, 7) is -0.0895. The van der Waals surface area contributed by atoms with Gasteiger partial charge < -0.3 is 5.32 Å². The lowest BCUT2D eigenvalue weighted by Gasteiger charge is -2.20. The Labute approximate surface area is 108 Å². The van der Waals surface area contributed by atoms with Gasteiger partial charge in [0.15, 0.2) is 0 Å². The molecule has 1 aromatic carbocycles. The summed E-state index contributed by atoms with van der Waals surface area (Å²) in [6.07, 6.45) is 6.17. The molecule has 0 aliphatic heterocycles. The van der Waals surface area contributed by atoms with Crippen LogP contribution in [-0.4, -0.2) is 12.5 Å². The molecule has 1 amide bonds. The molecule has 1 aromatic rings. The molecule has 1 radical (unpaired) electrons. The van der Waals surface area contributed by atoms with Gasteiger partial charge in [-0.3, -0.25) is 4.79 Å². The normalized spacial score (nSPS) is 16.5. The van der Waals surface area contributed by atoms with Gasteiger partial charge in [0.05, 0.1) is 6.61 Å². The first kappa shape index (κ1) is 13.1. The van der Waals surface area contributed by atoms with Gasteiger partial charge in [-0.1, -0.05) is 31.4 Å². The summed E-state index contributed by atoms with van der Waals surface area (Å²) in [5, 5.41) is 13.5. The highest BCUT2D eigenvalue weighted by Crippen LogP contribution is 2.25. The van der Waals surface area contributed by atoms with Crippen LogP contribution in [0.5, 0.6) is 0 Å². The summed E-state index contributed by atoms with van der Waals surface area (Å²) in [5.74, 6) is 0.325. The maximum atomic E-state index is 12.0. The standard InChI is InChI=1S/C15H20NO2/c17-11-10-12-6-8-14(9-7-12)16-15(18)13-4-2-1-3-5-13/h6-9,13H,1-5,10-11H2,(H,16,18). The quantitative estimate of drug-likeness (QED) is 0.871. The highest BCUT2D eigenvalue weighted by molar-refractivity contribution is 5.92. The Morgan fingerprint density at radius 1 is 1.11 bits per heavy atom. The van der Waals surface area contributed by atoms with Crippen molar-refractivity contribution in [1.29, 1.82) is 0 Å². The second-order valence-corrected chi connectivity index (χ2v) is 4.98. The van der Waals surface area contributed by atoms with Crippen LogP contribution in [0.2, 0.25) is 0 Å². The van der Waals surface area contributed by atoms with Gasteiger partial charge in [-0.05, 0) is 37.0 Å². The molecule has 97 valence electrons. The molecule has 1 aliphatic carbocycles. The number of amides is 1. The first-order chi connectivity index (χ1) is 8.79. The molecule has 3 heteroatoms. The SMILES string of the molecule is [O]CCc1ccc(NC(=O)C2CCCCC2)cc1. The lowest BCUT2D eigenvalue weighted by Crippen LogP contribution is -2.24. The highest BCUT2D eigenvalue weighted by atomic mass is 16.2. The van der Waals surface area contributed by atoms with Crippen molar-refractivity contribution in [3.63, 3.8) is 0 Å². The minimum absolute atomic E-state index is 0.0895. The molecule has 1 saturated carbocycles. The summed E-state index contributed by atoms with van der Waals surface area (Å²) in [7, 11) is 0. The molecule has 0 saturated heterocycles. The van der Waals surface area contributed by atoms with Crippen LogP contribution in [0.1, 0.15) is 37.7 Å². The second kappa shape index (κ2) is 6.55. The Kier molecular flexibility index (Phi) is 4.76. The van der Waals surface area contributed by atoms with E-state index < -0.39 is 0 Å². The lowest BCUT2D eigenvalue weighted by atomic mass is 9.88. The molecule has 3 nitrogen and oxygen atoms in total. The smallest absolute Gasteiger partial charge is 0.227 e. The van der Waals surface area contributed by atoms with Gasteiger partial charge in [0.1, 0.15) is 0 Å². The van der Waals surface area contributed by atoms with Crippen LogP contribution >= 0.6 is 0 Å². The van der Waals surface area contributed by atoms with Gasteiger partial charge in [0, 0.05) is 11.6 Å². The van der Waals surface area contributed by atoms with Crippen molar-refractivity contribution in [2.45, 2.75) is 38.5 Å². The van der Waals surface area contributed by atoms with Crippen molar-refractivity contribution >= 4 is 11.6 Å². The van der Waals surface area contributed by atoms with E-state index in [9.17, 15) is 9.90 Å². The average Bonchev–Trinajstić information content (AvgIpc) is 2.42. The molecular weight excluding hydrogens is 226 g/mol. The second-order valence-electron chi connectivity index (χ2n) is 4.98. The fraction of sp³-hybridized carbons (Fsp3) is 0.533. The van der Waals surface area contributed by atoms with Crippen molar-refractivity contribution in [2.75, 3.05) is 11.9 Å². The predicted octanol–water partition coefficient (Wildman–Crippen LogP) is 3.18. The Morgan fingerprint density at radius 3 is 2.39 bits per heavy atom. The van der Waals surface area contributed by atoms with E-state index >= 15 is 0 Å². The molecule has 1 N–H and O–H groups in total. The Balaban J connectivity index is 1.89. The number of carbonyl (C=O) groups excluding carboxylic acids is 1. The monoisotopic (exact) mass is 246 g/mol. The predicted molar refractivity (Wildman–Crippen MR) is 70.9 cm³/mol. The van der Waals surface area contributed by atoms with Crippen molar-refractivity contribution in [1.82, 2.24) is 0 Å². The van der Waals surface area contributed by atoms with E-state index in [-0.39, 0.29) is 18.4 Å². The van der Waals surface area contributed by atoms with E-state index in [4.69, 9.17) is 0 Å². The van der Waals surface area contributed by atoms with Gasteiger partial charge in [-0.15, -0.1) is 0 Å². The average molecular weight is 246 g/mol. The van der Waals surface area contributed by atoms with Crippen LogP contribution in [0.25, 0.3) is 0 Å². The van der Waals surface area contributed by atoms with Crippen LogP contribution < -0.4 is 5.32 Å². The minimum atomic E-state index is -0.0895. The molecule has 1 aliphatic rings. The van der Waals surface area contributed by atoms with E-state index in [0.717, 1.165) is 24.1 Å². The summed E-state index contributed by atoms with van der Waals surface area (Å²) in [6, 6.07) is 7.58. The zero-order valence-electron chi connectivity index (χ0n) is 10.7. The number of rotatable bonds is 4. The van der Waals surface area contributed by atoms with E-state index in [1.807, 2.05) is 24.3 Å². The van der Waals surface area contributed by atoms with Gasteiger partial charge in [-0.2, -0.15) is 0 Å². The molecule has 0 bridgehead atoms. The minimum Gasteiger partial charge on any atom is -0.326 e. The molecule has 0 spiro atoms. The number of nitrogens with one attached hydrogen (secondary N) is 1. The third-order valence-corrected chi connectivity index (χ3v) is 3.59. The van der Waals surface area contributed by atoms with Crippen LogP contribution in [0, 0.1) is 5.92 Å². The third kappa shape index (κ3) is 3.57. The largest absolute Gasteiger partial charge is 0.326 e. The number of anilines is 1. The number of carbonyl (C=O) groups is 1. The van der Waals surface area contributed by atoms with Crippen molar-refractivity contribution < 1.29 is 9.90 Å². The lowest BCUT2D eigenvalue weighted by molar-refractivity contribution is -0.120. The Hall–Kier alpha value is -1.35. The van der Waals surface area contributed by atoms with Crippen molar-refractivity contribution in [3.8, 4) is 0 Å². The van der Waals surface area contributed by atoms with Gasteiger partial charge in [0.2, 0.25) is 5.91 Å². The first-order valence-corrected chi connectivity index (χ1v) is 6.77. The molecule has 2 rings (SSSR count). The van der Waals surface area contributed by atoms with Gasteiger partial charge in [-0.25, -0.2) is 5.11 Å². The summed E-state index contributed by atoms with van der Waals surface area (Å²) >= 11 is 0. The molecule has 18 heavy (non-hydrogen) atoms. The maximum Gasteiger partial charge on any atom is 0.227 e. The van der Waals surface area contributed by atoms with Crippen molar-refractivity contribution in [2.24, 2.45) is 5.92 Å². The topological polar surface area (TPSA) is 49.0 Å². The van der Waals surface area contributed by atoms with Crippen LogP contribution in [0.3, 0.4) is 0 Å². The fourth-order valence-electron chi connectivity index (χ4n) is 2.48. The number of benzene rings is 1. The summed E-state index contributed by atoms with van der Waals surface area (Å²) < 4.78 is 0. The Morgan fingerprint density at radius 2 is 1.78 bits per heavy atom. The zero-order valence-corrected chi connectivity index (χ0v) is 10.7. The molecule has 1 fully saturated rings. The number of hydrogen-bond acceptors (Lipinski definition) is 1. The van der Waals surface area contributed by atoms with E-state index in [2.05, 4.69) is 5.32 Å². The summed E-state index contributed by atoms with van der Waals surface area (Å²) in [4.78, 5) is 12.0. The third-order valence-electron chi connectivity index (χ3n) is 3.59. The van der Waals surface area contributed by atoms with E-state index in [1.165, 1.54) is 19.3 Å². The molecule has 0 aromatic heterocycles. The maximum absolute atomic E-state index is 12.0. The number of hydrogen-bond donors (Lipinski definition) is 1. The fourth-order valence-corrected chi connectivity index (χ4v) is 2.48. The van der Waals surface area contributed by atoms with E-state index in [1.54, 1.807) is 0 Å². The zero-order chi connectivity index (χ0) is 12.8. The van der Waals surface area contributed by atoms with Crippen LogP contribution in [0.4, 0.5) is 5.69 Å². The molecule has 0 heterocycles. The summed E-state index contributed by atoms with van der Waals surface area (Å²) in [5.41, 5.74) is 1.86. The van der Waals surface area contributed by atoms with Gasteiger partial charge in [0.25, 0.3) is 0 Å². The molecule has 0 atom stereocenters. The van der Waals surface area contributed by atoms with Crippen LogP contribution in [-0.2, 0) is 16.3 Å². The van der Waals surface area contributed by atoms with E-state index in [0.29, 0.717) is 6.42 Å². The van der Waals surface area contributed by atoms with Gasteiger partial charge >= 0.3 is 0 Å². The van der Waals surface area contributed by atoms with Crippen LogP contribution in [0.15, 0.2) is 24.3 Å². The Bertz CT molecular complexity index is 380. The highest BCUT2D eigenvalue weighted by Gasteiger charge is 2.20. The first-order valence-electron chi connectivity index (χ1n) is 6.77. The molecule has 0 unspecified atom stereocenters. The molecular formula is C15H20NO2. The van der Waals surface area contributed by atoms with Crippen molar-refractivity contribution in [3.05, 3.63) is 29.8 Å².